The average molecular weight is 335 g/mol. The number of nitrogens with two attached hydrogens (primary N) is 1. The standard InChI is InChI=1S/C15H23ClN2O2.ClH/c1-19-13-5-6-18(12(8-13)9-17)10-11-3-4-15(20-2)14(16)7-11;/h3-4,7,12-13H,5-6,8-10,17H2,1-2H3;1H. The number of benzene rings is 1. The molecule has 2 atom stereocenters. The molecule has 1 aromatic rings. The fourth-order valence-corrected chi connectivity index (χ4v) is 3.05. The van der Waals surface area contributed by atoms with Gasteiger partial charge in [-0.2, -0.15) is 0 Å². The normalized spacial score (nSPS) is 22.7. The Morgan fingerprint density at radius 3 is 2.71 bits per heavy atom. The summed E-state index contributed by atoms with van der Waals surface area (Å²) in [6.45, 7) is 2.52. The lowest BCUT2D eigenvalue weighted by Crippen LogP contribution is -2.47. The molecular weight excluding hydrogens is 311 g/mol. The largest absolute Gasteiger partial charge is 0.495 e. The van der Waals surface area contributed by atoms with Gasteiger partial charge in [0.1, 0.15) is 5.75 Å². The number of likely N-dealkylation sites (tertiary alicyclic amines) is 1. The summed E-state index contributed by atoms with van der Waals surface area (Å²) in [6.07, 6.45) is 2.38. The van der Waals surface area contributed by atoms with E-state index in [4.69, 9.17) is 26.8 Å². The first-order chi connectivity index (χ1) is 9.67. The molecule has 4 nitrogen and oxygen atoms in total. The van der Waals surface area contributed by atoms with Crippen LogP contribution < -0.4 is 10.5 Å². The molecule has 21 heavy (non-hydrogen) atoms. The molecule has 0 bridgehead atoms. The van der Waals surface area contributed by atoms with Crippen molar-refractivity contribution in [3.8, 4) is 5.75 Å². The summed E-state index contributed by atoms with van der Waals surface area (Å²) in [5, 5.41) is 0.654. The van der Waals surface area contributed by atoms with E-state index in [9.17, 15) is 0 Å². The van der Waals surface area contributed by atoms with E-state index < -0.39 is 0 Å². The fourth-order valence-electron chi connectivity index (χ4n) is 2.77. The van der Waals surface area contributed by atoms with Crippen molar-refractivity contribution in [2.75, 3.05) is 27.3 Å². The Balaban J connectivity index is 0.00000220. The topological polar surface area (TPSA) is 47.7 Å². The maximum Gasteiger partial charge on any atom is 0.137 e. The van der Waals surface area contributed by atoms with Crippen molar-refractivity contribution in [1.82, 2.24) is 4.90 Å². The van der Waals surface area contributed by atoms with E-state index >= 15 is 0 Å². The molecule has 0 radical (unpaired) electrons. The smallest absolute Gasteiger partial charge is 0.137 e. The highest BCUT2D eigenvalue weighted by Crippen LogP contribution is 2.27. The van der Waals surface area contributed by atoms with Crippen molar-refractivity contribution >= 4 is 24.0 Å². The lowest BCUT2D eigenvalue weighted by molar-refractivity contribution is 0.0102. The third-order valence-electron chi connectivity index (χ3n) is 4.00. The van der Waals surface area contributed by atoms with Gasteiger partial charge in [0.05, 0.1) is 18.2 Å². The van der Waals surface area contributed by atoms with Gasteiger partial charge in [0.15, 0.2) is 0 Å². The van der Waals surface area contributed by atoms with E-state index in [-0.39, 0.29) is 12.4 Å². The second-order valence-electron chi connectivity index (χ2n) is 5.21. The second-order valence-corrected chi connectivity index (χ2v) is 5.62. The molecule has 1 aliphatic heterocycles. The molecule has 120 valence electrons. The van der Waals surface area contributed by atoms with Gasteiger partial charge in [0, 0.05) is 32.8 Å². The summed E-state index contributed by atoms with van der Waals surface area (Å²) in [7, 11) is 3.40. The van der Waals surface area contributed by atoms with E-state index in [1.165, 1.54) is 5.56 Å². The Labute approximate surface area is 137 Å². The first kappa shape index (κ1) is 18.5. The summed E-state index contributed by atoms with van der Waals surface area (Å²) < 4.78 is 10.6. The lowest BCUT2D eigenvalue weighted by Gasteiger charge is -2.38. The number of nitrogens with zero attached hydrogens (tertiary/aromatic N) is 1. The van der Waals surface area contributed by atoms with Gasteiger partial charge in [-0.3, -0.25) is 4.90 Å². The predicted molar refractivity (Wildman–Crippen MR) is 88.5 cm³/mol. The maximum atomic E-state index is 6.17. The zero-order valence-corrected chi connectivity index (χ0v) is 14.1. The molecule has 2 rings (SSSR count). The van der Waals surface area contributed by atoms with Gasteiger partial charge < -0.3 is 15.2 Å². The van der Waals surface area contributed by atoms with Crippen molar-refractivity contribution in [1.29, 1.82) is 0 Å². The Bertz CT molecular complexity index is 446. The molecule has 0 aliphatic carbocycles. The number of hydrogen-bond acceptors (Lipinski definition) is 4. The van der Waals surface area contributed by atoms with Gasteiger partial charge in [-0.15, -0.1) is 12.4 Å². The highest BCUT2D eigenvalue weighted by atomic mass is 35.5. The second kappa shape index (κ2) is 8.81. The van der Waals surface area contributed by atoms with Crippen molar-refractivity contribution < 1.29 is 9.47 Å². The summed E-state index contributed by atoms with van der Waals surface area (Å²) >= 11 is 6.17. The minimum Gasteiger partial charge on any atom is -0.495 e. The van der Waals surface area contributed by atoms with Crippen LogP contribution in [0.15, 0.2) is 18.2 Å². The Kier molecular flexibility index (Phi) is 7.77. The summed E-state index contributed by atoms with van der Waals surface area (Å²) in [5.74, 6) is 0.712. The van der Waals surface area contributed by atoms with Gasteiger partial charge in [-0.1, -0.05) is 17.7 Å². The third-order valence-corrected chi connectivity index (χ3v) is 4.29. The zero-order valence-electron chi connectivity index (χ0n) is 12.5. The number of halogens is 2. The average Bonchev–Trinajstić information content (AvgIpc) is 2.48. The van der Waals surface area contributed by atoms with Gasteiger partial charge in [0.25, 0.3) is 0 Å². The van der Waals surface area contributed by atoms with E-state index in [0.717, 1.165) is 25.9 Å². The molecule has 2 unspecified atom stereocenters. The highest BCUT2D eigenvalue weighted by molar-refractivity contribution is 6.32. The van der Waals surface area contributed by atoms with Crippen LogP contribution in [0.2, 0.25) is 5.02 Å². The summed E-state index contributed by atoms with van der Waals surface area (Å²) in [6, 6.07) is 6.31. The molecule has 0 aromatic heterocycles. The van der Waals surface area contributed by atoms with Crippen LogP contribution in [-0.2, 0) is 11.3 Å². The van der Waals surface area contributed by atoms with Gasteiger partial charge in [0.2, 0.25) is 0 Å². The Morgan fingerprint density at radius 2 is 2.14 bits per heavy atom. The molecule has 0 saturated carbocycles. The third kappa shape index (κ3) is 4.73. The van der Waals surface area contributed by atoms with Crippen LogP contribution in [0.25, 0.3) is 0 Å². The van der Waals surface area contributed by atoms with Gasteiger partial charge in [-0.05, 0) is 30.5 Å². The fraction of sp³-hybridized carbons (Fsp3) is 0.600. The highest BCUT2D eigenvalue weighted by Gasteiger charge is 2.27. The number of ether oxygens (including phenoxy) is 2. The minimum atomic E-state index is 0. The molecule has 0 amide bonds. The minimum absolute atomic E-state index is 0. The predicted octanol–water partition coefficient (Wildman–Crippen LogP) is 2.71. The molecule has 6 heteroatoms. The zero-order chi connectivity index (χ0) is 14.5. The summed E-state index contributed by atoms with van der Waals surface area (Å²) in [5.41, 5.74) is 7.08. The van der Waals surface area contributed by atoms with Crippen LogP contribution in [-0.4, -0.2) is 44.4 Å². The van der Waals surface area contributed by atoms with E-state index in [2.05, 4.69) is 11.0 Å². The Hall–Kier alpha value is -0.520. The van der Waals surface area contributed by atoms with Crippen molar-refractivity contribution in [2.24, 2.45) is 5.73 Å². The molecule has 1 aromatic carbocycles. The molecule has 1 saturated heterocycles. The molecule has 1 aliphatic rings. The van der Waals surface area contributed by atoms with E-state index in [1.807, 2.05) is 12.1 Å². The van der Waals surface area contributed by atoms with Crippen LogP contribution in [0, 0.1) is 0 Å². The van der Waals surface area contributed by atoms with Gasteiger partial charge in [-0.25, -0.2) is 0 Å². The monoisotopic (exact) mass is 334 g/mol. The lowest BCUT2D eigenvalue weighted by atomic mass is 9.98. The first-order valence-electron chi connectivity index (χ1n) is 6.97. The van der Waals surface area contributed by atoms with Crippen LogP contribution in [0.3, 0.4) is 0 Å². The van der Waals surface area contributed by atoms with Gasteiger partial charge >= 0.3 is 0 Å². The molecule has 1 heterocycles. The number of hydrogen-bond donors (Lipinski definition) is 1. The molecule has 1 fully saturated rings. The first-order valence-corrected chi connectivity index (χ1v) is 7.35. The van der Waals surface area contributed by atoms with Crippen molar-refractivity contribution in [3.05, 3.63) is 28.8 Å². The van der Waals surface area contributed by atoms with Crippen molar-refractivity contribution in [3.63, 3.8) is 0 Å². The summed E-state index contributed by atoms with van der Waals surface area (Å²) in [4.78, 5) is 2.41. The van der Waals surface area contributed by atoms with E-state index in [1.54, 1.807) is 14.2 Å². The molecule has 2 N–H and O–H groups in total. The number of piperidine rings is 1. The number of methoxy groups -OCH3 is 2. The quantitative estimate of drug-likeness (QED) is 0.899. The maximum absolute atomic E-state index is 6.17. The molecular formula is C15H24Cl2N2O2. The van der Waals surface area contributed by atoms with Crippen LogP contribution in [0.5, 0.6) is 5.75 Å². The SMILES string of the molecule is COc1ccc(CN2CCC(OC)CC2CN)cc1Cl.Cl. The van der Waals surface area contributed by atoms with E-state index in [0.29, 0.717) is 29.5 Å². The van der Waals surface area contributed by atoms with Crippen LogP contribution in [0.4, 0.5) is 0 Å². The van der Waals surface area contributed by atoms with Crippen molar-refractivity contribution in [2.45, 2.75) is 31.5 Å². The molecule has 0 spiro atoms. The van der Waals surface area contributed by atoms with Crippen LogP contribution in [0.1, 0.15) is 18.4 Å². The Morgan fingerprint density at radius 1 is 1.38 bits per heavy atom. The number of rotatable bonds is 5. The van der Waals surface area contributed by atoms with Crippen LogP contribution >= 0.6 is 24.0 Å².